The minimum absolute atomic E-state index is 0.118. The first-order chi connectivity index (χ1) is 15.0. The van der Waals surface area contributed by atoms with Gasteiger partial charge in [-0.05, 0) is 54.5 Å². The van der Waals surface area contributed by atoms with Gasteiger partial charge in [-0.1, -0.05) is 0 Å². The number of esters is 1. The van der Waals surface area contributed by atoms with Crippen molar-refractivity contribution in [2.75, 3.05) is 32.8 Å². The molecule has 2 aromatic carbocycles. The van der Waals surface area contributed by atoms with Crippen molar-refractivity contribution in [1.29, 1.82) is 0 Å². The summed E-state index contributed by atoms with van der Waals surface area (Å²) in [7, 11) is 4.57. The number of carbonyl (C=O) groups is 2. The van der Waals surface area contributed by atoms with Crippen molar-refractivity contribution in [3.8, 4) is 17.2 Å². The number of anilines is 1. The van der Waals surface area contributed by atoms with Crippen LogP contribution in [0.4, 0.5) is 5.69 Å². The van der Waals surface area contributed by atoms with Gasteiger partial charge in [0.1, 0.15) is 0 Å². The first kappa shape index (κ1) is 20.5. The number of benzene rings is 2. The highest BCUT2D eigenvalue weighted by atomic mass is 16.6. The molecule has 2 aliphatic rings. The van der Waals surface area contributed by atoms with Crippen molar-refractivity contribution < 1.29 is 28.5 Å². The second-order valence-electron chi connectivity index (χ2n) is 6.99. The third kappa shape index (κ3) is 3.96. The average Bonchev–Trinajstić information content (AvgIpc) is 3.38. The number of ether oxygens (including phenoxy) is 4. The van der Waals surface area contributed by atoms with E-state index >= 15 is 0 Å². The number of cyclic esters (lactones) is 1. The van der Waals surface area contributed by atoms with E-state index in [0.29, 0.717) is 34.8 Å². The van der Waals surface area contributed by atoms with Gasteiger partial charge in [-0.15, -0.1) is 0 Å². The zero-order valence-electron chi connectivity index (χ0n) is 17.5. The normalized spacial score (nSPS) is 17.1. The third-order valence-corrected chi connectivity index (χ3v) is 5.11. The van der Waals surface area contributed by atoms with E-state index in [2.05, 4.69) is 4.99 Å². The lowest BCUT2D eigenvalue weighted by molar-refractivity contribution is -0.130. The number of hydrogen-bond donors (Lipinski definition) is 0. The lowest BCUT2D eigenvalue weighted by Crippen LogP contribution is -2.23. The topological polar surface area (TPSA) is 86.7 Å². The number of nitrogens with zero attached hydrogens (tertiary/aromatic N) is 2. The standard InChI is InChI=1S/C23H22N2O6/c1-28-18-12-14(13-19(29-2)21(18)30-3)11-17-23(27)31-22(24-17)15-6-8-16(9-7-15)25-10-4-5-20(25)26/h6-9,11-13H,4-5,10H2,1-3H3. The van der Waals surface area contributed by atoms with Crippen molar-refractivity contribution in [3.05, 3.63) is 53.2 Å². The van der Waals surface area contributed by atoms with Crippen LogP contribution in [0, 0.1) is 0 Å². The summed E-state index contributed by atoms with van der Waals surface area (Å²) < 4.78 is 21.4. The zero-order valence-corrected chi connectivity index (χ0v) is 17.5. The summed E-state index contributed by atoms with van der Waals surface area (Å²) in [6.07, 6.45) is 3.03. The summed E-state index contributed by atoms with van der Waals surface area (Å²) in [5.74, 6) is 1.17. The van der Waals surface area contributed by atoms with E-state index in [-0.39, 0.29) is 17.5 Å². The number of carbonyl (C=O) groups excluding carboxylic acids is 2. The Morgan fingerprint density at radius 3 is 2.23 bits per heavy atom. The Balaban J connectivity index is 1.61. The smallest absolute Gasteiger partial charge is 0.363 e. The third-order valence-electron chi connectivity index (χ3n) is 5.11. The van der Waals surface area contributed by atoms with Crippen LogP contribution < -0.4 is 19.1 Å². The predicted octanol–water partition coefficient (Wildman–Crippen LogP) is 3.18. The molecule has 8 nitrogen and oxygen atoms in total. The zero-order chi connectivity index (χ0) is 22.0. The van der Waals surface area contributed by atoms with Crippen LogP contribution in [0.25, 0.3) is 6.08 Å². The molecule has 1 saturated heterocycles. The number of methoxy groups -OCH3 is 3. The van der Waals surface area contributed by atoms with E-state index in [0.717, 1.165) is 18.7 Å². The quantitative estimate of drug-likeness (QED) is 0.525. The van der Waals surface area contributed by atoms with E-state index in [1.807, 2.05) is 12.1 Å². The lowest BCUT2D eigenvalue weighted by atomic mass is 10.1. The number of amides is 1. The van der Waals surface area contributed by atoms with Crippen molar-refractivity contribution in [2.45, 2.75) is 12.8 Å². The van der Waals surface area contributed by atoms with Gasteiger partial charge in [0.15, 0.2) is 17.2 Å². The van der Waals surface area contributed by atoms with E-state index < -0.39 is 5.97 Å². The van der Waals surface area contributed by atoms with Gasteiger partial charge in [-0.25, -0.2) is 9.79 Å². The summed E-state index contributed by atoms with van der Waals surface area (Å²) in [6.45, 7) is 0.718. The van der Waals surface area contributed by atoms with Crippen LogP contribution in [0.3, 0.4) is 0 Å². The number of hydrogen-bond acceptors (Lipinski definition) is 7. The molecule has 0 spiro atoms. The van der Waals surface area contributed by atoms with E-state index in [4.69, 9.17) is 18.9 Å². The molecular weight excluding hydrogens is 400 g/mol. The summed E-state index contributed by atoms with van der Waals surface area (Å²) in [5, 5.41) is 0. The maximum atomic E-state index is 12.4. The van der Waals surface area contributed by atoms with E-state index in [1.54, 1.807) is 35.2 Å². The fraction of sp³-hybridized carbons (Fsp3) is 0.261. The molecule has 2 aromatic rings. The Morgan fingerprint density at radius 2 is 1.68 bits per heavy atom. The summed E-state index contributed by atoms with van der Waals surface area (Å²) in [4.78, 5) is 30.4. The maximum absolute atomic E-state index is 12.4. The predicted molar refractivity (Wildman–Crippen MR) is 115 cm³/mol. The molecule has 0 radical (unpaired) electrons. The lowest BCUT2D eigenvalue weighted by Gasteiger charge is -2.15. The maximum Gasteiger partial charge on any atom is 0.363 e. The molecule has 0 atom stereocenters. The highest BCUT2D eigenvalue weighted by molar-refractivity contribution is 6.13. The molecule has 2 heterocycles. The highest BCUT2D eigenvalue weighted by Crippen LogP contribution is 2.39. The van der Waals surface area contributed by atoms with Gasteiger partial charge in [0, 0.05) is 24.2 Å². The van der Waals surface area contributed by atoms with E-state index in [1.165, 1.54) is 21.3 Å². The molecular formula is C23H22N2O6. The fourth-order valence-electron chi connectivity index (χ4n) is 3.58. The fourth-order valence-corrected chi connectivity index (χ4v) is 3.58. The minimum Gasteiger partial charge on any atom is -0.493 e. The van der Waals surface area contributed by atoms with Gasteiger partial charge >= 0.3 is 5.97 Å². The number of aliphatic imine (C=N–C) groups is 1. The van der Waals surface area contributed by atoms with Gasteiger partial charge < -0.3 is 23.8 Å². The Kier molecular flexibility index (Phi) is 5.62. The molecule has 160 valence electrons. The van der Waals surface area contributed by atoms with Crippen LogP contribution >= 0.6 is 0 Å². The molecule has 0 unspecified atom stereocenters. The molecule has 0 N–H and O–H groups in total. The Morgan fingerprint density at radius 1 is 1.00 bits per heavy atom. The van der Waals surface area contributed by atoms with Gasteiger partial charge in [-0.3, -0.25) is 4.79 Å². The average molecular weight is 422 g/mol. The molecule has 4 rings (SSSR count). The second kappa shape index (κ2) is 8.51. The van der Waals surface area contributed by atoms with Gasteiger partial charge in [-0.2, -0.15) is 0 Å². The van der Waals surface area contributed by atoms with Crippen LogP contribution in [0.15, 0.2) is 47.1 Å². The molecule has 0 aromatic heterocycles. The van der Waals surface area contributed by atoms with Crippen molar-refractivity contribution in [2.24, 2.45) is 4.99 Å². The minimum atomic E-state index is -0.553. The molecule has 0 saturated carbocycles. The van der Waals surface area contributed by atoms with Crippen molar-refractivity contribution in [1.82, 2.24) is 0 Å². The molecule has 1 fully saturated rings. The van der Waals surface area contributed by atoms with Crippen LogP contribution in [0.2, 0.25) is 0 Å². The van der Waals surface area contributed by atoms with Crippen molar-refractivity contribution in [3.63, 3.8) is 0 Å². The molecule has 8 heteroatoms. The highest BCUT2D eigenvalue weighted by Gasteiger charge is 2.26. The van der Waals surface area contributed by atoms with Crippen LogP contribution in [-0.4, -0.2) is 45.6 Å². The SMILES string of the molecule is COc1cc(C=C2N=C(c3ccc(N4CCCC4=O)cc3)OC2=O)cc(OC)c1OC. The Bertz CT molecular complexity index is 1060. The first-order valence-corrected chi connectivity index (χ1v) is 9.77. The van der Waals surface area contributed by atoms with Gasteiger partial charge in [0.05, 0.1) is 21.3 Å². The monoisotopic (exact) mass is 422 g/mol. The molecule has 0 aliphatic carbocycles. The Hall–Kier alpha value is -3.81. The van der Waals surface area contributed by atoms with Gasteiger partial charge in [0.25, 0.3) is 0 Å². The molecule has 0 bridgehead atoms. The van der Waals surface area contributed by atoms with Crippen molar-refractivity contribution >= 4 is 29.5 Å². The second-order valence-corrected chi connectivity index (χ2v) is 6.99. The van der Waals surface area contributed by atoms with Gasteiger partial charge in [0.2, 0.25) is 17.6 Å². The van der Waals surface area contributed by atoms with Crippen LogP contribution in [-0.2, 0) is 14.3 Å². The van der Waals surface area contributed by atoms with Crippen LogP contribution in [0.1, 0.15) is 24.0 Å². The number of rotatable bonds is 6. The summed E-state index contributed by atoms with van der Waals surface area (Å²) in [5.41, 5.74) is 2.28. The van der Waals surface area contributed by atoms with Crippen LogP contribution in [0.5, 0.6) is 17.2 Å². The molecule has 1 amide bonds. The molecule has 2 aliphatic heterocycles. The largest absolute Gasteiger partial charge is 0.493 e. The summed E-state index contributed by atoms with van der Waals surface area (Å²) >= 11 is 0. The van der Waals surface area contributed by atoms with E-state index in [9.17, 15) is 9.59 Å². The summed E-state index contributed by atoms with van der Waals surface area (Å²) in [6, 6.07) is 10.7. The molecule has 31 heavy (non-hydrogen) atoms. The first-order valence-electron chi connectivity index (χ1n) is 9.77. The Labute approximate surface area is 179 Å².